The highest BCUT2D eigenvalue weighted by atomic mass is 16.5. The second kappa shape index (κ2) is 8.86. The number of benzene rings is 1. The van der Waals surface area contributed by atoms with Crippen LogP contribution in [0.15, 0.2) is 30.4 Å². The van der Waals surface area contributed by atoms with Crippen LogP contribution in [0.3, 0.4) is 0 Å². The SMILES string of the molecule is COc1ccc(C(=O)N2CCCC2)c(OC2CCN(C(=O)[C@@H]3C=CCN3)CC2)c1. The molecular formula is C22H29N3O4. The number of methoxy groups -OCH3 is 1. The summed E-state index contributed by atoms with van der Waals surface area (Å²) < 4.78 is 11.6. The highest BCUT2D eigenvalue weighted by Gasteiger charge is 2.30. The predicted octanol–water partition coefficient (Wildman–Crippen LogP) is 1.83. The molecule has 0 unspecified atom stereocenters. The number of nitrogens with zero attached hydrogens (tertiary/aromatic N) is 2. The highest BCUT2D eigenvalue weighted by Crippen LogP contribution is 2.30. The lowest BCUT2D eigenvalue weighted by Crippen LogP contribution is -2.48. The average Bonchev–Trinajstić information content (AvgIpc) is 3.47. The van der Waals surface area contributed by atoms with Gasteiger partial charge in [0.05, 0.1) is 12.7 Å². The molecule has 0 aliphatic carbocycles. The van der Waals surface area contributed by atoms with E-state index in [1.54, 1.807) is 25.3 Å². The number of rotatable bonds is 5. The molecule has 0 aromatic heterocycles. The Labute approximate surface area is 171 Å². The summed E-state index contributed by atoms with van der Waals surface area (Å²) in [6.07, 6.45) is 7.49. The molecule has 7 nitrogen and oxygen atoms in total. The van der Waals surface area contributed by atoms with Gasteiger partial charge in [0.25, 0.3) is 5.91 Å². The van der Waals surface area contributed by atoms with Gasteiger partial charge >= 0.3 is 0 Å². The first-order chi connectivity index (χ1) is 14.2. The van der Waals surface area contributed by atoms with Crippen LogP contribution >= 0.6 is 0 Å². The van der Waals surface area contributed by atoms with Crippen molar-refractivity contribution in [3.05, 3.63) is 35.9 Å². The van der Waals surface area contributed by atoms with Gasteiger partial charge in [0.1, 0.15) is 23.6 Å². The first kappa shape index (κ1) is 19.8. The summed E-state index contributed by atoms with van der Waals surface area (Å²) in [4.78, 5) is 29.3. The molecule has 4 rings (SSSR count). The van der Waals surface area contributed by atoms with Crippen molar-refractivity contribution >= 4 is 11.8 Å². The third-order valence-electron chi connectivity index (χ3n) is 5.91. The van der Waals surface area contributed by atoms with E-state index in [-0.39, 0.29) is 24.0 Å². The second-order valence-electron chi connectivity index (χ2n) is 7.82. The number of hydrogen-bond acceptors (Lipinski definition) is 5. The molecule has 29 heavy (non-hydrogen) atoms. The van der Waals surface area contributed by atoms with E-state index in [4.69, 9.17) is 9.47 Å². The van der Waals surface area contributed by atoms with Crippen molar-refractivity contribution in [2.45, 2.75) is 37.8 Å². The topological polar surface area (TPSA) is 71.1 Å². The van der Waals surface area contributed by atoms with Gasteiger partial charge in [-0.05, 0) is 25.0 Å². The standard InChI is InChI=1S/C22H29N3O4/c1-28-17-6-7-18(21(26)24-11-2-3-12-24)20(15-17)29-16-8-13-25(14-9-16)22(27)19-5-4-10-23-19/h4-7,15-16,19,23H,2-3,8-14H2,1H3/t19-/m0/s1. The second-order valence-corrected chi connectivity index (χ2v) is 7.82. The Balaban J connectivity index is 1.41. The normalized spacial score (nSPS) is 22.2. The van der Waals surface area contributed by atoms with Crippen LogP contribution in [0.2, 0.25) is 0 Å². The predicted molar refractivity (Wildman–Crippen MR) is 109 cm³/mol. The van der Waals surface area contributed by atoms with Crippen LogP contribution in [0.25, 0.3) is 0 Å². The Bertz CT molecular complexity index is 780. The molecule has 2 amide bonds. The molecule has 0 radical (unpaired) electrons. The van der Waals surface area contributed by atoms with E-state index in [2.05, 4.69) is 5.32 Å². The summed E-state index contributed by atoms with van der Waals surface area (Å²) in [6, 6.07) is 5.20. The number of likely N-dealkylation sites (tertiary alicyclic amines) is 2. The monoisotopic (exact) mass is 399 g/mol. The Morgan fingerprint density at radius 1 is 1.07 bits per heavy atom. The maximum absolute atomic E-state index is 12.9. The van der Waals surface area contributed by atoms with Crippen LogP contribution in [0, 0.1) is 0 Å². The Morgan fingerprint density at radius 3 is 2.48 bits per heavy atom. The van der Waals surface area contributed by atoms with E-state index in [0.29, 0.717) is 30.2 Å². The van der Waals surface area contributed by atoms with Gasteiger partial charge in [-0.3, -0.25) is 14.9 Å². The van der Waals surface area contributed by atoms with Crippen LogP contribution in [0.4, 0.5) is 0 Å². The molecule has 0 bridgehead atoms. The maximum Gasteiger partial charge on any atom is 0.257 e. The summed E-state index contributed by atoms with van der Waals surface area (Å²) in [5.74, 6) is 1.39. The molecule has 7 heteroatoms. The number of hydrogen-bond donors (Lipinski definition) is 1. The zero-order valence-corrected chi connectivity index (χ0v) is 16.9. The molecule has 0 saturated carbocycles. The van der Waals surface area contributed by atoms with Crippen LogP contribution in [-0.2, 0) is 4.79 Å². The van der Waals surface area contributed by atoms with Crippen molar-refractivity contribution in [3.8, 4) is 11.5 Å². The maximum atomic E-state index is 12.9. The van der Waals surface area contributed by atoms with E-state index < -0.39 is 0 Å². The minimum absolute atomic E-state index is 0.0202. The number of carbonyl (C=O) groups is 2. The molecular weight excluding hydrogens is 370 g/mol. The van der Waals surface area contributed by atoms with E-state index >= 15 is 0 Å². The minimum atomic E-state index is -0.199. The fourth-order valence-electron chi connectivity index (χ4n) is 4.20. The van der Waals surface area contributed by atoms with E-state index in [9.17, 15) is 9.59 Å². The van der Waals surface area contributed by atoms with Crippen molar-refractivity contribution in [1.82, 2.24) is 15.1 Å². The Morgan fingerprint density at radius 2 is 1.83 bits per heavy atom. The van der Waals surface area contributed by atoms with Gasteiger partial charge in [-0.25, -0.2) is 0 Å². The Kier molecular flexibility index (Phi) is 6.04. The van der Waals surface area contributed by atoms with Gasteiger partial charge in [-0.2, -0.15) is 0 Å². The minimum Gasteiger partial charge on any atom is -0.497 e. The van der Waals surface area contributed by atoms with Gasteiger partial charge in [-0.15, -0.1) is 0 Å². The molecule has 156 valence electrons. The lowest BCUT2D eigenvalue weighted by molar-refractivity contribution is -0.133. The smallest absolute Gasteiger partial charge is 0.257 e. The van der Waals surface area contributed by atoms with Gasteiger partial charge < -0.3 is 19.3 Å². The van der Waals surface area contributed by atoms with Crippen LogP contribution in [-0.4, -0.2) is 73.6 Å². The average molecular weight is 399 g/mol. The summed E-state index contributed by atoms with van der Waals surface area (Å²) in [5.41, 5.74) is 0.589. The molecule has 3 aliphatic rings. The molecule has 2 saturated heterocycles. The van der Waals surface area contributed by atoms with Crippen molar-refractivity contribution in [2.24, 2.45) is 0 Å². The van der Waals surface area contributed by atoms with Gasteiger partial charge in [0, 0.05) is 51.6 Å². The third-order valence-corrected chi connectivity index (χ3v) is 5.91. The zero-order valence-electron chi connectivity index (χ0n) is 16.9. The number of nitrogens with one attached hydrogen (secondary N) is 1. The number of ether oxygens (including phenoxy) is 2. The van der Waals surface area contributed by atoms with Gasteiger partial charge in [0.2, 0.25) is 5.91 Å². The quantitative estimate of drug-likeness (QED) is 0.765. The summed E-state index contributed by atoms with van der Waals surface area (Å²) >= 11 is 0. The highest BCUT2D eigenvalue weighted by molar-refractivity contribution is 5.97. The zero-order chi connectivity index (χ0) is 20.2. The summed E-state index contributed by atoms with van der Waals surface area (Å²) in [5, 5.41) is 3.17. The number of carbonyl (C=O) groups excluding carboxylic acids is 2. The van der Waals surface area contributed by atoms with E-state index in [1.807, 2.05) is 22.0 Å². The van der Waals surface area contributed by atoms with E-state index in [0.717, 1.165) is 45.3 Å². The van der Waals surface area contributed by atoms with Gasteiger partial charge in [0.15, 0.2) is 0 Å². The van der Waals surface area contributed by atoms with Crippen LogP contribution in [0.5, 0.6) is 11.5 Å². The summed E-state index contributed by atoms with van der Waals surface area (Å²) in [7, 11) is 1.61. The third kappa shape index (κ3) is 4.40. The van der Waals surface area contributed by atoms with E-state index in [1.165, 1.54) is 0 Å². The molecule has 3 heterocycles. The molecule has 2 fully saturated rings. The summed E-state index contributed by atoms with van der Waals surface area (Å²) in [6.45, 7) is 3.67. The molecule has 3 aliphatic heterocycles. The molecule has 0 spiro atoms. The fraction of sp³-hybridized carbons (Fsp3) is 0.545. The number of piperidine rings is 1. The lowest BCUT2D eigenvalue weighted by Gasteiger charge is -2.34. The molecule has 1 atom stereocenters. The van der Waals surface area contributed by atoms with Crippen LogP contribution < -0.4 is 14.8 Å². The first-order valence-corrected chi connectivity index (χ1v) is 10.5. The largest absolute Gasteiger partial charge is 0.497 e. The molecule has 1 aromatic carbocycles. The fourth-order valence-corrected chi connectivity index (χ4v) is 4.20. The van der Waals surface area contributed by atoms with Crippen LogP contribution in [0.1, 0.15) is 36.0 Å². The van der Waals surface area contributed by atoms with Crippen molar-refractivity contribution < 1.29 is 19.1 Å². The first-order valence-electron chi connectivity index (χ1n) is 10.5. The molecule has 1 N–H and O–H groups in total. The van der Waals surface area contributed by atoms with Gasteiger partial charge in [-0.1, -0.05) is 12.2 Å². The molecule has 1 aromatic rings. The Hall–Kier alpha value is -2.54. The lowest BCUT2D eigenvalue weighted by atomic mass is 10.1. The number of amides is 2. The van der Waals surface area contributed by atoms with Crippen molar-refractivity contribution in [3.63, 3.8) is 0 Å². The van der Waals surface area contributed by atoms with Crippen molar-refractivity contribution in [2.75, 3.05) is 39.8 Å². The van der Waals surface area contributed by atoms with Crippen molar-refractivity contribution in [1.29, 1.82) is 0 Å².